The van der Waals surface area contributed by atoms with Gasteiger partial charge in [-0.25, -0.2) is 14.5 Å². The summed E-state index contributed by atoms with van der Waals surface area (Å²) in [5.74, 6) is -0.352. The molecule has 0 aromatic rings. The van der Waals surface area contributed by atoms with E-state index in [0.29, 0.717) is 19.5 Å². The number of hydrogen-bond acceptors (Lipinski definition) is 3. The summed E-state index contributed by atoms with van der Waals surface area (Å²) in [7, 11) is 0. The smallest absolute Gasteiger partial charge is 0.334 e. The minimum absolute atomic E-state index is 0.261. The predicted molar refractivity (Wildman–Crippen MR) is 73.8 cm³/mol. The highest BCUT2D eigenvalue weighted by atomic mass is 16.2. The summed E-state index contributed by atoms with van der Waals surface area (Å²) in [6.07, 6.45) is 2.49. The van der Waals surface area contributed by atoms with Crippen molar-refractivity contribution in [3.8, 4) is 0 Å². The van der Waals surface area contributed by atoms with Gasteiger partial charge in [0.15, 0.2) is 0 Å². The number of nitrogens with one attached hydrogen (secondary N) is 1. The second-order valence-electron chi connectivity index (χ2n) is 4.28. The molecule has 0 aliphatic rings. The quantitative estimate of drug-likeness (QED) is 0.753. The maximum atomic E-state index is 12.2. The van der Waals surface area contributed by atoms with E-state index in [1.165, 1.54) is 6.92 Å². The zero-order chi connectivity index (χ0) is 14.8. The third-order valence-corrected chi connectivity index (χ3v) is 2.66. The van der Waals surface area contributed by atoms with Gasteiger partial charge in [0.25, 0.3) is 0 Å². The molecule has 5 amide bonds. The number of carbonyl (C=O) groups excluding carboxylic acids is 3. The molecule has 0 unspecified atom stereocenters. The molecule has 6 heteroatoms. The molecule has 0 aliphatic carbocycles. The molecular formula is C13H25N3O3. The van der Waals surface area contributed by atoms with Crippen molar-refractivity contribution < 1.29 is 14.4 Å². The van der Waals surface area contributed by atoms with Gasteiger partial charge in [-0.15, -0.1) is 0 Å². The van der Waals surface area contributed by atoms with Gasteiger partial charge in [0.1, 0.15) is 0 Å². The summed E-state index contributed by atoms with van der Waals surface area (Å²) in [6.45, 7) is 8.03. The summed E-state index contributed by atoms with van der Waals surface area (Å²) < 4.78 is 0. The zero-order valence-corrected chi connectivity index (χ0v) is 12.4. The highest BCUT2D eigenvalue weighted by Crippen LogP contribution is 2.02. The van der Waals surface area contributed by atoms with E-state index in [1.54, 1.807) is 6.92 Å². The summed E-state index contributed by atoms with van der Waals surface area (Å²) in [5, 5.41) is 2.70. The molecule has 0 bridgehead atoms. The molecule has 0 aromatic heterocycles. The number of urea groups is 2. The Morgan fingerprint density at radius 2 is 1.63 bits per heavy atom. The minimum Gasteiger partial charge on any atom is -0.338 e. The van der Waals surface area contributed by atoms with Crippen LogP contribution in [0.5, 0.6) is 0 Å². The normalized spacial score (nSPS) is 9.89. The fourth-order valence-corrected chi connectivity index (χ4v) is 1.61. The third kappa shape index (κ3) is 5.72. The highest BCUT2D eigenvalue weighted by molar-refractivity contribution is 6.01. The predicted octanol–water partition coefficient (Wildman–Crippen LogP) is 2.20. The monoisotopic (exact) mass is 271 g/mol. The lowest BCUT2D eigenvalue weighted by molar-refractivity contribution is -0.126. The Bertz CT molecular complexity index is 318. The lowest BCUT2D eigenvalue weighted by Gasteiger charge is -2.26. The van der Waals surface area contributed by atoms with Gasteiger partial charge in [-0.3, -0.25) is 9.69 Å². The molecule has 19 heavy (non-hydrogen) atoms. The fraction of sp³-hybridized carbons (Fsp3) is 0.769. The molecule has 0 aromatic carbocycles. The van der Waals surface area contributed by atoms with Crippen molar-refractivity contribution in [2.45, 2.75) is 47.0 Å². The van der Waals surface area contributed by atoms with Crippen molar-refractivity contribution >= 4 is 18.0 Å². The summed E-state index contributed by atoms with van der Waals surface area (Å²) in [6, 6.07) is -0.981. The summed E-state index contributed by atoms with van der Waals surface area (Å²) >= 11 is 0. The summed E-state index contributed by atoms with van der Waals surface area (Å²) in [4.78, 5) is 37.6. The van der Waals surface area contributed by atoms with Gasteiger partial charge in [-0.05, 0) is 19.8 Å². The highest BCUT2D eigenvalue weighted by Gasteiger charge is 2.26. The number of nitrogens with zero attached hydrogens (tertiary/aromatic N) is 2. The average Bonchev–Trinajstić information content (AvgIpc) is 2.36. The Hall–Kier alpha value is -1.59. The average molecular weight is 271 g/mol. The maximum Gasteiger partial charge on any atom is 0.334 e. The molecule has 0 spiro atoms. The number of unbranched alkanes of at least 4 members (excludes halogenated alkanes) is 1. The van der Waals surface area contributed by atoms with Gasteiger partial charge < -0.3 is 5.32 Å². The zero-order valence-electron chi connectivity index (χ0n) is 12.4. The SMILES string of the molecule is CCCCNC(=O)N(CCC)C(=O)N(CC)C(C)=O. The van der Waals surface area contributed by atoms with E-state index in [1.807, 2.05) is 13.8 Å². The molecular weight excluding hydrogens is 246 g/mol. The van der Waals surface area contributed by atoms with Gasteiger partial charge in [-0.1, -0.05) is 20.3 Å². The Labute approximate surface area is 115 Å². The first kappa shape index (κ1) is 17.4. The van der Waals surface area contributed by atoms with Gasteiger partial charge in [0.2, 0.25) is 5.91 Å². The largest absolute Gasteiger partial charge is 0.338 e. The second kappa shape index (κ2) is 9.35. The number of rotatable bonds is 6. The Kier molecular flexibility index (Phi) is 8.57. The number of carbonyl (C=O) groups is 3. The molecule has 0 aliphatic heterocycles. The standard InChI is InChI=1S/C13H25N3O3/c1-5-8-9-14-12(18)16(10-6-2)13(19)15(7-3)11(4)17/h5-10H2,1-4H3,(H,14,18). The van der Waals surface area contributed by atoms with Crippen molar-refractivity contribution in [1.82, 2.24) is 15.1 Å². The van der Waals surface area contributed by atoms with Crippen LogP contribution >= 0.6 is 0 Å². The van der Waals surface area contributed by atoms with Crippen LogP contribution in [-0.4, -0.2) is 47.4 Å². The molecule has 0 radical (unpaired) electrons. The van der Waals surface area contributed by atoms with Gasteiger partial charge in [0.05, 0.1) is 0 Å². The van der Waals surface area contributed by atoms with E-state index in [0.717, 1.165) is 22.6 Å². The molecule has 6 nitrogen and oxygen atoms in total. The van der Waals surface area contributed by atoms with Crippen LogP contribution in [0.4, 0.5) is 9.59 Å². The molecule has 0 fully saturated rings. The van der Waals surface area contributed by atoms with Crippen LogP contribution in [-0.2, 0) is 4.79 Å². The van der Waals surface area contributed by atoms with E-state index < -0.39 is 12.1 Å². The van der Waals surface area contributed by atoms with Crippen LogP contribution in [0.3, 0.4) is 0 Å². The molecule has 0 saturated heterocycles. The van der Waals surface area contributed by atoms with E-state index in [-0.39, 0.29) is 12.5 Å². The Balaban J connectivity index is 4.73. The second-order valence-corrected chi connectivity index (χ2v) is 4.28. The van der Waals surface area contributed by atoms with Crippen LogP contribution in [0.15, 0.2) is 0 Å². The van der Waals surface area contributed by atoms with Crippen LogP contribution in [0, 0.1) is 0 Å². The van der Waals surface area contributed by atoms with Crippen molar-refractivity contribution in [2.24, 2.45) is 0 Å². The summed E-state index contributed by atoms with van der Waals surface area (Å²) in [5.41, 5.74) is 0. The minimum atomic E-state index is -0.550. The van der Waals surface area contributed by atoms with E-state index in [2.05, 4.69) is 5.32 Å². The van der Waals surface area contributed by atoms with Crippen molar-refractivity contribution in [3.63, 3.8) is 0 Å². The molecule has 0 saturated carbocycles. The van der Waals surface area contributed by atoms with Crippen LogP contribution in [0.1, 0.15) is 47.0 Å². The first-order valence-corrected chi connectivity index (χ1v) is 6.86. The molecule has 0 atom stereocenters. The van der Waals surface area contributed by atoms with Gasteiger partial charge in [-0.2, -0.15) is 0 Å². The third-order valence-electron chi connectivity index (χ3n) is 2.66. The molecule has 0 rings (SSSR count). The number of imide groups is 2. The van der Waals surface area contributed by atoms with E-state index in [9.17, 15) is 14.4 Å². The molecule has 0 heterocycles. The topological polar surface area (TPSA) is 69.7 Å². The van der Waals surface area contributed by atoms with Crippen LogP contribution in [0.2, 0.25) is 0 Å². The van der Waals surface area contributed by atoms with Crippen molar-refractivity contribution in [2.75, 3.05) is 19.6 Å². The lowest BCUT2D eigenvalue weighted by atomic mass is 10.3. The Morgan fingerprint density at radius 1 is 1.00 bits per heavy atom. The fourth-order valence-electron chi connectivity index (χ4n) is 1.61. The Morgan fingerprint density at radius 3 is 2.05 bits per heavy atom. The van der Waals surface area contributed by atoms with Crippen LogP contribution < -0.4 is 5.32 Å². The number of amides is 5. The van der Waals surface area contributed by atoms with Crippen molar-refractivity contribution in [1.29, 1.82) is 0 Å². The lowest BCUT2D eigenvalue weighted by Crippen LogP contribution is -2.51. The van der Waals surface area contributed by atoms with E-state index >= 15 is 0 Å². The molecule has 1 N–H and O–H groups in total. The van der Waals surface area contributed by atoms with Gasteiger partial charge >= 0.3 is 12.1 Å². The van der Waals surface area contributed by atoms with Crippen molar-refractivity contribution in [3.05, 3.63) is 0 Å². The first-order valence-electron chi connectivity index (χ1n) is 6.86. The molecule has 110 valence electrons. The van der Waals surface area contributed by atoms with Crippen LogP contribution in [0.25, 0.3) is 0 Å². The maximum absolute atomic E-state index is 12.2. The first-order chi connectivity index (χ1) is 8.99. The van der Waals surface area contributed by atoms with Gasteiger partial charge in [0, 0.05) is 26.6 Å². The van der Waals surface area contributed by atoms with E-state index in [4.69, 9.17) is 0 Å². The number of hydrogen-bond donors (Lipinski definition) is 1.